The van der Waals surface area contributed by atoms with Crippen LogP contribution in [-0.4, -0.2) is 64.9 Å². The second-order valence-corrected chi connectivity index (χ2v) is 8.69. The lowest BCUT2D eigenvalue weighted by molar-refractivity contribution is -0.133. The summed E-state index contributed by atoms with van der Waals surface area (Å²) in [7, 11) is 0. The maximum atomic E-state index is 13.3. The predicted molar refractivity (Wildman–Crippen MR) is 125 cm³/mol. The van der Waals surface area contributed by atoms with Gasteiger partial charge in [-0.15, -0.1) is 0 Å². The number of carbonyl (C=O) groups is 4. The molecule has 5 N–H and O–H groups in total. The number of ether oxygens (including phenoxy) is 1. The molecule has 2 aliphatic heterocycles. The van der Waals surface area contributed by atoms with Gasteiger partial charge in [-0.3, -0.25) is 20.2 Å². The Hall–Kier alpha value is -3.83. The van der Waals surface area contributed by atoms with Gasteiger partial charge in [-0.05, 0) is 48.9 Å². The summed E-state index contributed by atoms with van der Waals surface area (Å²) < 4.78 is 5.64. The number of likely N-dealkylation sites (tertiary alicyclic amines) is 1. The Morgan fingerprint density at radius 3 is 2.63 bits per heavy atom. The van der Waals surface area contributed by atoms with Crippen molar-refractivity contribution in [3.8, 4) is 0 Å². The number of rotatable bonds is 6. The largest absolute Gasteiger partial charge is 0.465 e. The number of carboxylic acid groups (broad SMARTS) is 1. The zero-order valence-corrected chi connectivity index (χ0v) is 19.2. The van der Waals surface area contributed by atoms with Gasteiger partial charge in [0.25, 0.3) is 5.91 Å². The Balaban J connectivity index is 1.49. The molecule has 0 aromatic heterocycles. The van der Waals surface area contributed by atoms with Crippen LogP contribution >= 0.6 is 11.6 Å². The number of nitrogens with zero attached hydrogens (tertiary/aromatic N) is 1. The Kier molecular flexibility index (Phi) is 6.81. The summed E-state index contributed by atoms with van der Waals surface area (Å²) in [5, 5.41) is 26.2. The lowest BCUT2D eigenvalue weighted by atomic mass is 9.90. The highest BCUT2D eigenvalue weighted by atomic mass is 35.5. The van der Waals surface area contributed by atoms with Crippen molar-refractivity contribution in [1.29, 1.82) is 0 Å². The zero-order valence-electron chi connectivity index (χ0n) is 18.4. The summed E-state index contributed by atoms with van der Waals surface area (Å²) in [4.78, 5) is 50.4. The van der Waals surface area contributed by atoms with Gasteiger partial charge in [-0.1, -0.05) is 11.6 Å². The van der Waals surface area contributed by atoms with Crippen molar-refractivity contribution in [3.05, 3.63) is 58.6 Å². The van der Waals surface area contributed by atoms with Gasteiger partial charge < -0.3 is 25.2 Å². The van der Waals surface area contributed by atoms with Gasteiger partial charge in [-0.25, -0.2) is 9.59 Å². The van der Waals surface area contributed by atoms with E-state index in [1.165, 1.54) is 29.2 Å². The molecule has 35 heavy (non-hydrogen) atoms. The average Bonchev–Trinajstić information content (AvgIpc) is 3.23. The van der Waals surface area contributed by atoms with Gasteiger partial charge >= 0.3 is 12.2 Å². The molecular formula is C23H23ClN4O7. The van der Waals surface area contributed by atoms with E-state index in [-0.39, 0.29) is 37.4 Å². The molecule has 12 heteroatoms. The zero-order chi connectivity index (χ0) is 25.2. The molecule has 1 saturated heterocycles. The molecular weight excluding hydrogens is 480 g/mol. The van der Waals surface area contributed by atoms with Crippen molar-refractivity contribution in [1.82, 2.24) is 10.2 Å². The van der Waals surface area contributed by atoms with Crippen molar-refractivity contribution in [2.24, 2.45) is 0 Å². The first-order valence-corrected chi connectivity index (χ1v) is 11.2. The third-order valence-electron chi connectivity index (χ3n) is 5.96. The summed E-state index contributed by atoms with van der Waals surface area (Å²) in [6, 6.07) is 9.68. The van der Waals surface area contributed by atoms with Crippen LogP contribution < -0.4 is 16.0 Å². The highest BCUT2D eigenvalue weighted by molar-refractivity contribution is 6.30. The molecule has 4 amide bonds. The first kappa shape index (κ1) is 24.3. The summed E-state index contributed by atoms with van der Waals surface area (Å²) >= 11 is 6.16. The normalized spacial score (nSPS) is 19.4. The van der Waals surface area contributed by atoms with E-state index < -0.39 is 35.6 Å². The van der Waals surface area contributed by atoms with E-state index in [0.29, 0.717) is 22.7 Å². The molecule has 0 aliphatic carbocycles. The Bertz CT molecular complexity index is 1170. The van der Waals surface area contributed by atoms with Gasteiger partial charge in [0.05, 0.1) is 12.2 Å². The molecule has 0 radical (unpaired) electrons. The van der Waals surface area contributed by atoms with Crippen LogP contribution in [0.4, 0.5) is 21.0 Å². The minimum absolute atomic E-state index is 0.0174. The molecule has 2 aliphatic rings. The molecule has 2 aromatic rings. The minimum atomic E-state index is -1.23. The molecule has 4 rings (SSSR count). The Labute approximate surface area is 205 Å². The van der Waals surface area contributed by atoms with Crippen LogP contribution in [0, 0.1) is 0 Å². The number of benzene rings is 2. The topological polar surface area (TPSA) is 157 Å². The second kappa shape index (κ2) is 9.80. The van der Waals surface area contributed by atoms with Crippen LogP contribution in [0.5, 0.6) is 0 Å². The van der Waals surface area contributed by atoms with Crippen LogP contribution in [0.1, 0.15) is 28.8 Å². The van der Waals surface area contributed by atoms with Gasteiger partial charge in [0, 0.05) is 41.4 Å². The number of hydrogen-bond donors (Lipinski definition) is 5. The maximum Gasteiger partial charge on any atom is 0.412 e. The molecule has 2 heterocycles. The minimum Gasteiger partial charge on any atom is -0.465 e. The van der Waals surface area contributed by atoms with Gasteiger partial charge in [0.1, 0.15) is 6.04 Å². The van der Waals surface area contributed by atoms with Crippen LogP contribution in [0.2, 0.25) is 5.02 Å². The Morgan fingerprint density at radius 1 is 1.20 bits per heavy atom. The van der Waals surface area contributed by atoms with Gasteiger partial charge in [-0.2, -0.15) is 0 Å². The molecule has 0 bridgehead atoms. The second-order valence-electron chi connectivity index (χ2n) is 8.25. The Morgan fingerprint density at radius 2 is 1.94 bits per heavy atom. The van der Waals surface area contributed by atoms with E-state index in [0.717, 1.165) is 0 Å². The quantitative estimate of drug-likeness (QED) is 0.406. The standard InChI is InChI=1S/C23H23ClN4O7/c24-14-3-6-17-16(11-14)23(35-22(34)27-17)8-9-28(12-23)20(31)18(7-10-29)26-19(30)13-1-4-15(5-2-13)25-21(32)33/h1-6,11,18,25,29H,7-10,12H2,(H,26,30)(H,27,34)(H,32,33)/t18-,23?/m0/s1. The summed E-state index contributed by atoms with van der Waals surface area (Å²) in [5.74, 6) is -0.982. The van der Waals surface area contributed by atoms with Crippen molar-refractivity contribution in [2.45, 2.75) is 24.5 Å². The van der Waals surface area contributed by atoms with Gasteiger partial charge in [0.15, 0.2) is 5.60 Å². The smallest absolute Gasteiger partial charge is 0.412 e. The molecule has 1 fully saturated rings. The first-order valence-electron chi connectivity index (χ1n) is 10.8. The van der Waals surface area contributed by atoms with Crippen molar-refractivity contribution >= 4 is 47.0 Å². The van der Waals surface area contributed by atoms with E-state index >= 15 is 0 Å². The van der Waals surface area contributed by atoms with E-state index in [1.54, 1.807) is 18.2 Å². The molecule has 1 unspecified atom stereocenters. The third-order valence-corrected chi connectivity index (χ3v) is 6.20. The summed E-state index contributed by atoms with van der Waals surface area (Å²) in [6.07, 6.45) is -1.54. The van der Waals surface area contributed by atoms with Crippen LogP contribution in [0.3, 0.4) is 0 Å². The molecule has 184 valence electrons. The fraction of sp³-hybridized carbons (Fsp3) is 0.304. The highest BCUT2D eigenvalue weighted by Gasteiger charge is 2.49. The number of halogens is 1. The average molecular weight is 503 g/mol. The third kappa shape index (κ3) is 5.15. The first-order chi connectivity index (χ1) is 16.7. The number of aliphatic hydroxyl groups is 1. The van der Waals surface area contributed by atoms with Crippen LogP contribution in [0.25, 0.3) is 0 Å². The number of fused-ring (bicyclic) bond motifs is 2. The fourth-order valence-corrected chi connectivity index (χ4v) is 4.49. The number of amides is 4. The van der Waals surface area contributed by atoms with Crippen molar-refractivity contribution in [2.75, 3.05) is 30.3 Å². The lowest BCUT2D eigenvalue weighted by Crippen LogP contribution is -2.50. The summed E-state index contributed by atoms with van der Waals surface area (Å²) in [6.45, 7) is -0.000143. The highest BCUT2D eigenvalue weighted by Crippen LogP contribution is 2.43. The summed E-state index contributed by atoms with van der Waals surface area (Å²) in [5.41, 5.74) is 0.652. The van der Waals surface area contributed by atoms with Crippen LogP contribution in [0.15, 0.2) is 42.5 Å². The van der Waals surface area contributed by atoms with Gasteiger partial charge in [0.2, 0.25) is 5.91 Å². The van der Waals surface area contributed by atoms with E-state index in [2.05, 4.69) is 16.0 Å². The molecule has 11 nitrogen and oxygen atoms in total. The van der Waals surface area contributed by atoms with E-state index in [4.69, 9.17) is 21.4 Å². The number of hydrogen-bond acceptors (Lipinski definition) is 6. The lowest BCUT2D eigenvalue weighted by Gasteiger charge is -2.35. The predicted octanol–water partition coefficient (Wildman–Crippen LogP) is 2.60. The molecule has 2 aromatic carbocycles. The number of nitrogens with one attached hydrogen (secondary N) is 3. The van der Waals surface area contributed by atoms with Crippen LogP contribution in [-0.2, 0) is 15.1 Å². The molecule has 0 saturated carbocycles. The van der Waals surface area contributed by atoms with E-state index in [9.17, 15) is 24.3 Å². The van der Waals surface area contributed by atoms with Crippen molar-refractivity contribution < 1.29 is 34.1 Å². The maximum absolute atomic E-state index is 13.3. The molecule has 2 atom stereocenters. The number of carbonyl (C=O) groups excluding carboxylic acids is 3. The fourth-order valence-electron chi connectivity index (χ4n) is 4.32. The molecule has 1 spiro atoms. The number of aliphatic hydroxyl groups excluding tert-OH is 1. The monoisotopic (exact) mass is 502 g/mol. The number of anilines is 2. The van der Waals surface area contributed by atoms with Crippen molar-refractivity contribution in [3.63, 3.8) is 0 Å². The van der Waals surface area contributed by atoms with E-state index in [1.807, 2.05) is 0 Å². The SMILES string of the molecule is O=C(O)Nc1ccc(C(=O)N[C@@H](CCO)C(=O)N2CCC3(C2)OC(=O)Nc2ccc(Cl)cc23)cc1.